The first kappa shape index (κ1) is 18.5. The van der Waals surface area contributed by atoms with Crippen LogP contribution in [-0.4, -0.2) is 43.4 Å². The van der Waals surface area contributed by atoms with Crippen LogP contribution in [0.2, 0.25) is 0 Å². The number of ether oxygens (including phenoxy) is 1. The molecule has 140 valence electrons. The number of aromatic nitrogens is 1. The highest BCUT2D eigenvalue weighted by molar-refractivity contribution is 7.89. The quantitative estimate of drug-likeness (QED) is 0.867. The highest BCUT2D eigenvalue weighted by Gasteiger charge is 2.29. The van der Waals surface area contributed by atoms with Gasteiger partial charge < -0.3 is 14.6 Å². The van der Waals surface area contributed by atoms with Crippen molar-refractivity contribution in [3.05, 3.63) is 41.7 Å². The van der Waals surface area contributed by atoms with Crippen molar-refractivity contribution in [3.8, 4) is 5.75 Å². The molecule has 8 heteroatoms. The molecule has 0 spiro atoms. The van der Waals surface area contributed by atoms with Crippen LogP contribution >= 0.6 is 0 Å². The summed E-state index contributed by atoms with van der Waals surface area (Å²) in [6.45, 7) is 2.99. The van der Waals surface area contributed by atoms with Crippen molar-refractivity contribution in [1.82, 2.24) is 8.87 Å². The number of carbonyl (C=O) groups excluding carboxylic acids is 1. The number of nitrogens with zero attached hydrogens (tertiary/aromatic N) is 2. The van der Waals surface area contributed by atoms with Crippen molar-refractivity contribution in [2.24, 2.45) is 7.05 Å². The molecule has 1 saturated heterocycles. The number of benzene rings is 1. The number of hydrogen-bond acceptors (Lipinski definition) is 4. The zero-order chi connectivity index (χ0) is 18.9. The van der Waals surface area contributed by atoms with Gasteiger partial charge in [0.05, 0.1) is 12.8 Å². The van der Waals surface area contributed by atoms with Crippen LogP contribution in [0.25, 0.3) is 0 Å². The molecule has 0 unspecified atom stereocenters. The lowest BCUT2D eigenvalue weighted by molar-refractivity contribution is 0.101. The largest absolute Gasteiger partial charge is 0.495 e. The molecule has 1 aromatic heterocycles. The minimum absolute atomic E-state index is 0.142. The Morgan fingerprint density at radius 1 is 1.19 bits per heavy atom. The fourth-order valence-corrected chi connectivity index (χ4v) is 4.66. The molecule has 26 heavy (non-hydrogen) atoms. The van der Waals surface area contributed by atoms with Crippen LogP contribution in [0.4, 0.5) is 5.69 Å². The third-order valence-corrected chi connectivity index (χ3v) is 6.38. The van der Waals surface area contributed by atoms with Gasteiger partial charge in [-0.05, 0) is 43.5 Å². The summed E-state index contributed by atoms with van der Waals surface area (Å²) in [6, 6.07) is 6.87. The van der Waals surface area contributed by atoms with Crippen LogP contribution in [0.3, 0.4) is 0 Å². The Labute approximate surface area is 153 Å². The van der Waals surface area contributed by atoms with Gasteiger partial charge in [-0.15, -0.1) is 0 Å². The molecular formula is C18H23N3O4S. The van der Waals surface area contributed by atoms with Gasteiger partial charge in [-0.2, -0.15) is 4.31 Å². The molecule has 0 saturated carbocycles. The summed E-state index contributed by atoms with van der Waals surface area (Å²) < 4.78 is 33.6. The second-order valence-electron chi connectivity index (χ2n) is 6.44. The number of rotatable bonds is 5. The number of sulfonamides is 1. The second-order valence-corrected chi connectivity index (χ2v) is 8.38. The van der Waals surface area contributed by atoms with E-state index in [4.69, 9.17) is 4.74 Å². The molecule has 1 aliphatic rings. The number of methoxy groups -OCH3 is 1. The molecule has 0 radical (unpaired) electrons. The number of anilines is 1. The van der Waals surface area contributed by atoms with Crippen LogP contribution in [0.1, 0.15) is 28.9 Å². The van der Waals surface area contributed by atoms with Crippen molar-refractivity contribution in [2.45, 2.75) is 24.7 Å². The van der Waals surface area contributed by atoms with Gasteiger partial charge in [-0.1, -0.05) is 6.07 Å². The Hall–Kier alpha value is -2.32. The predicted octanol–water partition coefficient (Wildman–Crippen LogP) is 2.38. The molecule has 1 aliphatic heterocycles. The van der Waals surface area contributed by atoms with E-state index in [9.17, 15) is 13.2 Å². The average Bonchev–Trinajstić information content (AvgIpc) is 3.26. The zero-order valence-corrected chi connectivity index (χ0v) is 16.0. The number of nitrogens with one attached hydrogen (secondary N) is 1. The van der Waals surface area contributed by atoms with Crippen molar-refractivity contribution in [1.29, 1.82) is 0 Å². The Kier molecular flexibility index (Phi) is 5.06. The predicted molar refractivity (Wildman–Crippen MR) is 99.1 cm³/mol. The van der Waals surface area contributed by atoms with Gasteiger partial charge >= 0.3 is 0 Å². The standard InChI is InChI=1S/C18H23N3O4S/c1-13-6-7-15(17(10-13)25-3)19-18(22)16-11-14(12-20(16)2)26(23,24)21-8-4-5-9-21/h6-7,10-12H,4-5,8-9H2,1-3H3,(H,19,22). The molecule has 0 atom stereocenters. The van der Waals surface area contributed by atoms with E-state index in [1.165, 1.54) is 28.2 Å². The van der Waals surface area contributed by atoms with Crippen LogP contribution < -0.4 is 10.1 Å². The summed E-state index contributed by atoms with van der Waals surface area (Å²) in [7, 11) is -0.365. The van der Waals surface area contributed by atoms with Gasteiger partial charge in [0.2, 0.25) is 10.0 Å². The lowest BCUT2D eigenvalue weighted by Gasteiger charge is -2.13. The van der Waals surface area contributed by atoms with Gasteiger partial charge in [0.15, 0.2) is 0 Å². The first-order valence-corrected chi connectivity index (χ1v) is 9.89. The van der Waals surface area contributed by atoms with Crippen LogP contribution in [0.5, 0.6) is 5.75 Å². The van der Waals surface area contributed by atoms with Crippen LogP contribution in [0.15, 0.2) is 35.4 Å². The maximum atomic E-state index is 12.7. The van der Waals surface area contributed by atoms with Crippen LogP contribution in [0, 0.1) is 6.92 Å². The van der Waals surface area contributed by atoms with Crippen molar-refractivity contribution in [3.63, 3.8) is 0 Å². The highest BCUT2D eigenvalue weighted by atomic mass is 32.2. The Morgan fingerprint density at radius 2 is 1.88 bits per heavy atom. The number of amides is 1. The van der Waals surface area contributed by atoms with E-state index in [-0.39, 0.29) is 10.6 Å². The van der Waals surface area contributed by atoms with Crippen molar-refractivity contribution in [2.75, 3.05) is 25.5 Å². The summed E-state index contributed by atoms with van der Waals surface area (Å²) in [5.41, 5.74) is 1.82. The SMILES string of the molecule is COc1cc(C)ccc1NC(=O)c1cc(S(=O)(=O)N2CCCC2)cn1C. The fraction of sp³-hybridized carbons (Fsp3) is 0.389. The van der Waals surface area contributed by atoms with Gasteiger partial charge in [-0.3, -0.25) is 4.79 Å². The topological polar surface area (TPSA) is 80.6 Å². The molecule has 1 fully saturated rings. The van der Waals surface area contributed by atoms with E-state index in [1.807, 2.05) is 19.1 Å². The van der Waals surface area contributed by atoms with E-state index >= 15 is 0 Å². The molecule has 0 bridgehead atoms. The maximum Gasteiger partial charge on any atom is 0.272 e. The monoisotopic (exact) mass is 377 g/mol. The molecule has 3 rings (SSSR count). The Morgan fingerprint density at radius 3 is 2.54 bits per heavy atom. The van der Waals surface area contributed by atoms with E-state index < -0.39 is 15.9 Å². The first-order valence-electron chi connectivity index (χ1n) is 8.45. The van der Waals surface area contributed by atoms with Gasteiger partial charge in [0.25, 0.3) is 5.91 Å². The lowest BCUT2D eigenvalue weighted by Crippen LogP contribution is -2.27. The minimum atomic E-state index is -3.56. The van der Waals surface area contributed by atoms with Gasteiger partial charge in [0.1, 0.15) is 16.3 Å². The van der Waals surface area contributed by atoms with Crippen LogP contribution in [-0.2, 0) is 17.1 Å². The number of hydrogen-bond donors (Lipinski definition) is 1. The maximum absolute atomic E-state index is 12.7. The van der Waals surface area contributed by atoms with E-state index in [0.29, 0.717) is 24.5 Å². The molecule has 1 aromatic carbocycles. The van der Waals surface area contributed by atoms with Crippen molar-refractivity contribution < 1.29 is 17.9 Å². The molecule has 0 aliphatic carbocycles. The number of carbonyl (C=O) groups is 1. The number of aryl methyl sites for hydroxylation is 2. The second kappa shape index (κ2) is 7.13. The molecule has 2 heterocycles. The lowest BCUT2D eigenvalue weighted by atomic mass is 10.2. The van der Waals surface area contributed by atoms with E-state index in [1.54, 1.807) is 13.1 Å². The van der Waals surface area contributed by atoms with Gasteiger partial charge in [-0.25, -0.2) is 8.42 Å². The summed E-state index contributed by atoms with van der Waals surface area (Å²) in [5.74, 6) is 0.162. The fourth-order valence-electron chi connectivity index (χ4n) is 3.07. The highest BCUT2D eigenvalue weighted by Crippen LogP contribution is 2.27. The molecule has 2 aromatic rings. The molecular weight excluding hydrogens is 354 g/mol. The molecule has 7 nitrogen and oxygen atoms in total. The summed E-state index contributed by atoms with van der Waals surface area (Å²) in [5, 5.41) is 2.79. The third kappa shape index (κ3) is 3.47. The minimum Gasteiger partial charge on any atom is -0.495 e. The summed E-state index contributed by atoms with van der Waals surface area (Å²) in [6.07, 6.45) is 3.22. The third-order valence-electron chi connectivity index (χ3n) is 4.52. The van der Waals surface area contributed by atoms with Crippen molar-refractivity contribution >= 4 is 21.6 Å². The van der Waals surface area contributed by atoms with E-state index in [2.05, 4.69) is 5.32 Å². The normalized spacial score (nSPS) is 15.2. The summed E-state index contributed by atoms with van der Waals surface area (Å²) in [4.78, 5) is 12.8. The Bertz CT molecular complexity index is 928. The molecule has 1 N–H and O–H groups in total. The summed E-state index contributed by atoms with van der Waals surface area (Å²) >= 11 is 0. The van der Waals surface area contributed by atoms with Gasteiger partial charge in [0, 0.05) is 26.3 Å². The zero-order valence-electron chi connectivity index (χ0n) is 15.2. The van der Waals surface area contributed by atoms with E-state index in [0.717, 1.165) is 18.4 Å². The average molecular weight is 377 g/mol. The molecule has 1 amide bonds. The Balaban J connectivity index is 1.86. The first-order chi connectivity index (χ1) is 12.3. The smallest absolute Gasteiger partial charge is 0.272 e.